The fourth-order valence-corrected chi connectivity index (χ4v) is 4.25. The summed E-state index contributed by atoms with van der Waals surface area (Å²) in [7, 11) is -2.17. The lowest BCUT2D eigenvalue weighted by Gasteiger charge is -2.19. The van der Waals surface area contributed by atoms with E-state index in [1.54, 1.807) is 21.0 Å². The normalized spacial score (nSPS) is 12.7. The Balaban J connectivity index is 2.32. The largest absolute Gasteiger partial charge is 0.496 e. The van der Waals surface area contributed by atoms with Crippen LogP contribution in [0.25, 0.3) is 0 Å². The van der Waals surface area contributed by atoms with Gasteiger partial charge in [-0.3, -0.25) is 4.79 Å². The minimum atomic E-state index is -3.74. The van der Waals surface area contributed by atoms with Gasteiger partial charge in [-0.2, -0.15) is 0 Å². The second kappa shape index (κ2) is 8.94. The van der Waals surface area contributed by atoms with Crippen LogP contribution in [0.15, 0.2) is 41.3 Å². The molecule has 0 aliphatic carbocycles. The van der Waals surface area contributed by atoms with Crippen molar-refractivity contribution in [3.05, 3.63) is 58.1 Å². The van der Waals surface area contributed by atoms with Crippen LogP contribution in [0, 0.1) is 6.92 Å². The van der Waals surface area contributed by atoms with Crippen LogP contribution in [0.4, 0.5) is 0 Å². The predicted molar refractivity (Wildman–Crippen MR) is 111 cm³/mol. The highest BCUT2D eigenvalue weighted by atomic mass is 35.5. The summed E-state index contributed by atoms with van der Waals surface area (Å²) in [5.74, 6) is 0.185. The zero-order valence-electron chi connectivity index (χ0n) is 16.5. The molecule has 28 heavy (non-hydrogen) atoms. The van der Waals surface area contributed by atoms with Gasteiger partial charge in [0.05, 0.1) is 28.6 Å². The Morgan fingerprint density at radius 3 is 2.39 bits per heavy atom. The number of amides is 1. The molecule has 152 valence electrons. The summed E-state index contributed by atoms with van der Waals surface area (Å²) < 4.78 is 32.6. The van der Waals surface area contributed by atoms with Crippen LogP contribution < -0.4 is 14.8 Å². The SMILES string of the molecule is COc1ccc(C)cc1C(C)NC(=O)c1cc(S(=O)(=O)NC(C)C)ccc1Cl. The molecular weight excluding hydrogens is 400 g/mol. The van der Waals surface area contributed by atoms with Gasteiger partial charge in [0.15, 0.2) is 0 Å². The quantitative estimate of drug-likeness (QED) is 0.707. The number of rotatable bonds is 7. The minimum absolute atomic E-state index is 0.0171. The Labute approximate surface area is 171 Å². The van der Waals surface area contributed by atoms with Gasteiger partial charge in [0.2, 0.25) is 10.0 Å². The van der Waals surface area contributed by atoms with E-state index in [0.717, 1.165) is 11.1 Å². The number of ether oxygens (including phenoxy) is 1. The number of aryl methyl sites for hydroxylation is 1. The van der Waals surface area contributed by atoms with Crippen molar-refractivity contribution in [2.75, 3.05) is 7.11 Å². The van der Waals surface area contributed by atoms with E-state index in [0.29, 0.717) is 5.75 Å². The molecule has 2 rings (SSSR count). The minimum Gasteiger partial charge on any atom is -0.496 e. The lowest BCUT2D eigenvalue weighted by molar-refractivity contribution is 0.0939. The topological polar surface area (TPSA) is 84.5 Å². The molecule has 0 bridgehead atoms. The lowest BCUT2D eigenvalue weighted by atomic mass is 10.0. The molecule has 0 aliphatic heterocycles. The first-order valence-electron chi connectivity index (χ1n) is 8.82. The van der Waals surface area contributed by atoms with Crippen molar-refractivity contribution < 1.29 is 17.9 Å². The van der Waals surface area contributed by atoms with E-state index < -0.39 is 15.9 Å². The average Bonchev–Trinajstić information content (AvgIpc) is 2.60. The Morgan fingerprint density at radius 2 is 1.79 bits per heavy atom. The highest BCUT2D eigenvalue weighted by molar-refractivity contribution is 7.89. The van der Waals surface area contributed by atoms with E-state index in [4.69, 9.17) is 16.3 Å². The van der Waals surface area contributed by atoms with E-state index >= 15 is 0 Å². The molecule has 0 saturated carbocycles. The van der Waals surface area contributed by atoms with E-state index in [2.05, 4.69) is 10.0 Å². The van der Waals surface area contributed by atoms with Crippen molar-refractivity contribution in [2.45, 2.75) is 44.7 Å². The van der Waals surface area contributed by atoms with E-state index in [-0.39, 0.29) is 27.6 Å². The third-order valence-corrected chi connectivity index (χ3v) is 6.07. The summed E-state index contributed by atoms with van der Waals surface area (Å²) in [6, 6.07) is 9.11. The zero-order chi connectivity index (χ0) is 21.1. The molecule has 6 nitrogen and oxygen atoms in total. The number of nitrogens with one attached hydrogen (secondary N) is 2. The van der Waals surface area contributed by atoms with Crippen LogP contribution in [0.5, 0.6) is 5.75 Å². The first-order valence-corrected chi connectivity index (χ1v) is 10.7. The molecule has 0 spiro atoms. The van der Waals surface area contributed by atoms with Gasteiger partial charge < -0.3 is 10.1 Å². The molecule has 0 aliphatic rings. The van der Waals surface area contributed by atoms with Gasteiger partial charge in [-0.15, -0.1) is 0 Å². The Hall–Kier alpha value is -2.09. The second-order valence-corrected chi connectivity index (χ2v) is 8.98. The second-order valence-electron chi connectivity index (χ2n) is 6.86. The first-order chi connectivity index (χ1) is 13.0. The maximum absolute atomic E-state index is 12.8. The van der Waals surface area contributed by atoms with Crippen molar-refractivity contribution in [1.29, 1.82) is 0 Å². The maximum atomic E-state index is 12.8. The number of carbonyl (C=O) groups is 1. The summed E-state index contributed by atoms with van der Waals surface area (Å²) in [5, 5.41) is 3.03. The molecule has 0 saturated heterocycles. The number of halogens is 1. The number of sulfonamides is 1. The Morgan fingerprint density at radius 1 is 1.11 bits per heavy atom. The first kappa shape index (κ1) is 22.2. The van der Waals surface area contributed by atoms with Crippen molar-refractivity contribution in [2.24, 2.45) is 0 Å². The molecule has 2 aromatic carbocycles. The molecule has 1 amide bonds. The van der Waals surface area contributed by atoms with Crippen molar-refractivity contribution >= 4 is 27.5 Å². The summed E-state index contributed by atoms with van der Waals surface area (Å²) in [6.07, 6.45) is 0. The monoisotopic (exact) mass is 424 g/mol. The zero-order valence-corrected chi connectivity index (χ0v) is 18.1. The predicted octanol–water partition coefficient (Wildman–Crippen LogP) is 3.83. The average molecular weight is 425 g/mol. The molecule has 8 heteroatoms. The highest BCUT2D eigenvalue weighted by Gasteiger charge is 2.21. The Kier molecular flexibility index (Phi) is 7.09. The third kappa shape index (κ3) is 5.25. The molecular formula is C20H25ClN2O4S. The number of hydrogen-bond donors (Lipinski definition) is 2. The van der Waals surface area contributed by atoms with Crippen LogP contribution in [-0.2, 0) is 10.0 Å². The molecule has 0 aromatic heterocycles. The van der Waals surface area contributed by atoms with Crippen LogP contribution >= 0.6 is 11.6 Å². The van der Waals surface area contributed by atoms with Crippen molar-refractivity contribution in [3.63, 3.8) is 0 Å². The number of hydrogen-bond acceptors (Lipinski definition) is 4. The fraction of sp³-hybridized carbons (Fsp3) is 0.350. The van der Waals surface area contributed by atoms with Gasteiger partial charge >= 0.3 is 0 Å². The van der Waals surface area contributed by atoms with E-state index in [9.17, 15) is 13.2 Å². The molecule has 0 radical (unpaired) electrons. The van der Waals surface area contributed by atoms with Gasteiger partial charge in [0.1, 0.15) is 5.75 Å². The van der Waals surface area contributed by atoms with E-state index in [1.165, 1.54) is 18.2 Å². The van der Waals surface area contributed by atoms with Gasteiger partial charge in [-0.25, -0.2) is 13.1 Å². The summed E-state index contributed by atoms with van der Waals surface area (Å²) >= 11 is 6.16. The molecule has 2 aromatic rings. The van der Waals surface area contributed by atoms with Gasteiger partial charge in [-0.1, -0.05) is 29.3 Å². The number of benzene rings is 2. The number of methoxy groups -OCH3 is 1. The maximum Gasteiger partial charge on any atom is 0.253 e. The highest BCUT2D eigenvalue weighted by Crippen LogP contribution is 2.27. The number of carbonyl (C=O) groups excluding carboxylic acids is 1. The molecule has 0 fully saturated rings. The summed E-state index contributed by atoms with van der Waals surface area (Å²) in [6.45, 7) is 7.21. The van der Waals surface area contributed by atoms with Crippen LogP contribution in [0.1, 0.15) is 48.3 Å². The summed E-state index contributed by atoms with van der Waals surface area (Å²) in [5.41, 5.74) is 1.94. The van der Waals surface area contributed by atoms with E-state index in [1.807, 2.05) is 32.0 Å². The van der Waals surface area contributed by atoms with Gasteiger partial charge in [0.25, 0.3) is 5.91 Å². The van der Waals surface area contributed by atoms with Crippen molar-refractivity contribution in [3.8, 4) is 5.75 Å². The van der Waals surface area contributed by atoms with Crippen LogP contribution in [-0.4, -0.2) is 27.5 Å². The van der Waals surface area contributed by atoms with Gasteiger partial charge in [-0.05, 0) is 52.0 Å². The van der Waals surface area contributed by atoms with Crippen LogP contribution in [0.2, 0.25) is 5.02 Å². The summed E-state index contributed by atoms with van der Waals surface area (Å²) in [4.78, 5) is 12.8. The third-order valence-electron chi connectivity index (χ3n) is 4.08. The lowest BCUT2D eigenvalue weighted by Crippen LogP contribution is -2.31. The molecule has 2 N–H and O–H groups in total. The molecule has 0 heterocycles. The molecule has 1 atom stereocenters. The smallest absolute Gasteiger partial charge is 0.253 e. The molecule has 1 unspecified atom stereocenters. The fourth-order valence-electron chi connectivity index (χ4n) is 2.77. The van der Waals surface area contributed by atoms with Crippen molar-refractivity contribution in [1.82, 2.24) is 10.0 Å². The standard InChI is InChI=1S/C20H25ClN2O4S/c1-12(2)23-28(25,26)15-7-8-18(21)17(11-15)20(24)22-14(4)16-10-13(3)6-9-19(16)27-5/h6-12,14,23H,1-5H3,(H,22,24). The van der Waals surface area contributed by atoms with Crippen LogP contribution in [0.3, 0.4) is 0 Å². The Bertz CT molecular complexity index is 974. The van der Waals surface area contributed by atoms with Gasteiger partial charge in [0, 0.05) is 11.6 Å².